The molecule has 1 rings (SSSR count). The molecule has 0 radical (unpaired) electrons. The summed E-state index contributed by atoms with van der Waals surface area (Å²) in [6, 6.07) is 5.70. The van der Waals surface area contributed by atoms with E-state index >= 15 is 0 Å². The van der Waals surface area contributed by atoms with Gasteiger partial charge in [-0.2, -0.15) is 0 Å². The van der Waals surface area contributed by atoms with Gasteiger partial charge in [0.05, 0.1) is 0 Å². The lowest BCUT2D eigenvalue weighted by atomic mass is 10.1. The SMILES string of the molecule is Cc1ccc(Cl)cc1C=CCC=O. The monoisotopic (exact) mass is 194 g/mol. The smallest absolute Gasteiger partial charge is 0.123 e. The molecule has 2 heteroatoms. The van der Waals surface area contributed by atoms with E-state index in [2.05, 4.69) is 0 Å². The van der Waals surface area contributed by atoms with Gasteiger partial charge in [-0.05, 0) is 30.2 Å². The zero-order chi connectivity index (χ0) is 9.68. The molecule has 0 aliphatic carbocycles. The highest BCUT2D eigenvalue weighted by Crippen LogP contribution is 2.16. The van der Waals surface area contributed by atoms with Crippen LogP contribution in [0.4, 0.5) is 0 Å². The third-order valence-electron chi connectivity index (χ3n) is 1.77. The van der Waals surface area contributed by atoms with E-state index in [0.29, 0.717) is 6.42 Å². The van der Waals surface area contributed by atoms with E-state index in [4.69, 9.17) is 11.6 Å². The van der Waals surface area contributed by atoms with E-state index in [0.717, 1.165) is 22.4 Å². The summed E-state index contributed by atoms with van der Waals surface area (Å²) in [4.78, 5) is 10.1. The van der Waals surface area contributed by atoms with Gasteiger partial charge in [0.1, 0.15) is 6.29 Å². The fourth-order valence-corrected chi connectivity index (χ4v) is 1.22. The molecule has 1 nitrogen and oxygen atoms in total. The summed E-state index contributed by atoms with van der Waals surface area (Å²) in [5.41, 5.74) is 2.22. The highest BCUT2D eigenvalue weighted by atomic mass is 35.5. The van der Waals surface area contributed by atoms with Crippen molar-refractivity contribution < 1.29 is 4.79 Å². The molecule has 1 aromatic rings. The first-order valence-corrected chi connectivity index (χ1v) is 4.48. The minimum atomic E-state index is 0.450. The Kier molecular flexibility index (Phi) is 3.71. The maximum atomic E-state index is 10.1. The maximum Gasteiger partial charge on any atom is 0.123 e. The van der Waals surface area contributed by atoms with E-state index in [1.807, 2.05) is 37.3 Å². The van der Waals surface area contributed by atoms with Gasteiger partial charge >= 0.3 is 0 Å². The molecule has 0 amide bonds. The molecule has 0 spiro atoms. The Morgan fingerprint density at radius 1 is 1.46 bits per heavy atom. The fraction of sp³-hybridized carbons (Fsp3) is 0.182. The zero-order valence-corrected chi connectivity index (χ0v) is 8.21. The second kappa shape index (κ2) is 4.83. The van der Waals surface area contributed by atoms with Gasteiger partial charge in [-0.25, -0.2) is 0 Å². The van der Waals surface area contributed by atoms with Crippen LogP contribution in [0.15, 0.2) is 24.3 Å². The molecule has 0 saturated carbocycles. The molecule has 1 aromatic carbocycles. The average Bonchev–Trinajstić information content (AvgIpc) is 2.11. The lowest BCUT2D eigenvalue weighted by Crippen LogP contribution is -1.79. The van der Waals surface area contributed by atoms with Crippen LogP contribution < -0.4 is 0 Å². The lowest BCUT2D eigenvalue weighted by Gasteiger charge is -1.99. The van der Waals surface area contributed by atoms with Crippen molar-refractivity contribution in [1.29, 1.82) is 0 Å². The van der Waals surface area contributed by atoms with Gasteiger partial charge in [0.25, 0.3) is 0 Å². The Morgan fingerprint density at radius 3 is 2.92 bits per heavy atom. The van der Waals surface area contributed by atoms with Gasteiger partial charge < -0.3 is 4.79 Å². The van der Waals surface area contributed by atoms with Crippen molar-refractivity contribution in [3.8, 4) is 0 Å². The number of aryl methyl sites for hydroxylation is 1. The number of carbonyl (C=O) groups excluding carboxylic acids is 1. The highest BCUT2D eigenvalue weighted by molar-refractivity contribution is 6.30. The van der Waals surface area contributed by atoms with Crippen LogP contribution in [0.3, 0.4) is 0 Å². The first-order chi connectivity index (χ1) is 6.24. The summed E-state index contributed by atoms with van der Waals surface area (Å²) in [5.74, 6) is 0. The van der Waals surface area contributed by atoms with Crippen LogP contribution in [-0.2, 0) is 4.79 Å². The standard InChI is InChI=1S/C11H11ClO/c1-9-5-6-11(12)8-10(9)4-2-3-7-13/h2,4-8H,3H2,1H3. The number of hydrogen-bond donors (Lipinski definition) is 0. The van der Waals surface area contributed by atoms with Crippen LogP contribution in [-0.4, -0.2) is 6.29 Å². The van der Waals surface area contributed by atoms with Crippen LogP contribution in [0.5, 0.6) is 0 Å². The van der Waals surface area contributed by atoms with E-state index in [-0.39, 0.29) is 0 Å². The van der Waals surface area contributed by atoms with Gasteiger partial charge in [0.15, 0.2) is 0 Å². The van der Waals surface area contributed by atoms with Crippen molar-refractivity contribution in [1.82, 2.24) is 0 Å². The first-order valence-electron chi connectivity index (χ1n) is 4.10. The number of allylic oxidation sites excluding steroid dienone is 1. The normalized spacial score (nSPS) is 10.6. The third-order valence-corrected chi connectivity index (χ3v) is 2.01. The predicted molar refractivity (Wildman–Crippen MR) is 55.9 cm³/mol. The Labute approximate surface area is 83.0 Å². The maximum absolute atomic E-state index is 10.1. The summed E-state index contributed by atoms with van der Waals surface area (Å²) in [6.45, 7) is 2.01. The quantitative estimate of drug-likeness (QED) is 0.676. The minimum absolute atomic E-state index is 0.450. The topological polar surface area (TPSA) is 17.1 Å². The van der Waals surface area contributed by atoms with Gasteiger partial charge in [-0.3, -0.25) is 0 Å². The first kappa shape index (κ1) is 10.0. The molecule has 0 atom stereocenters. The number of halogens is 1. The molecule has 0 aromatic heterocycles. The molecule has 0 aliphatic heterocycles. The van der Waals surface area contributed by atoms with E-state index in [9.17, 15) is 4.79 Å². The van der Waals surface area contributed by atoms with Gasteiger partial charge in [-0.15, -0.1) is 0 Å². The highest BCUT2D eigenvalue weighted by Gasteiger charge is 1.94. The van der Waals surface area contributed by atoms with Crippen molar-refractivity contribution in [3.63, 3.8) is 0 Å². The summed E-state index contributed by atoms with van der Waals surface area (Å²) < 4.78 is 0. The van der Waals surface area contributed by atoms with Crippen LogP contribution in [0.25, 0.3) is 6.08 Å². The number of hydrogen-bond acceptors (Lipinski definition) is 1. The van der Waals surface area contributed by atoms with Crippen LogP contribution >= 0.6 is 11.6 Å². The summed E-state index contributed by atoms with van der Waals surface area (Å²) in [6.07, 6.45) is 5.06. The second-order valence-corrected chi connectivity index (χ2v) is 3.24. The molecule has 0 saturated heterocycles. The molecule has 0 unspecified atom stereocenters. The van der Waals surface area contributed by atoms with Crippen molar-refractivity contribution in [3.05, 3.63) is 40.4 Å². The molecule has 0 heterocycles. The van der Waals surface area contributed by atoms with E-state index < -0.39 is 0 Å². The Morgan fingerprint density at radius 2 is 2.23 bits per heavy atom. The van der Waals surface area contributed by atoms with Crippen molar-refractivity contribution >= 4 is 24.0 Å². The molecule has 0 fully saturated rings. The number of benzene rings is 1. The number of aldehydes is 1. The Bertz CT molecular complexity index is 329. The molecule has 0 aliphatic rings. The van der Waals surface area contributed by atoms with Gasteiger partial charge in [0, 0.05) is 11.4 Å². The molecular formula is C11H11ClO. The molecule has 68 valence electrons. The number of carbonyl (C=O) groups is 1. The van der Waals surface area contributed by atoms with Crippen molar-refractivity contribution in [2.45, 2.75) is 13.3 Å². The molecular weight excluding hydrogens is 184 g/mol. The zero-order valence-electron chi connectivity index (χ0n) is 7.46. The largest absolute Gasteiger partial charge is 0.303 e. The summed E-state index contributed by atoms with van der Waals surface area (Å²) >= 11 is 5.83. The number of rotatable bonds is 3. The molecule has 0 N–H and O–H groups in total. The van der Waals surface area contributed by atoms with E-state index in [1.54, 1.807) is 0 Å². The Balaban J connectivity index is 2.86. The van der Waals surface area contributed by atoms with Gasteiger partial charge in [0.2, 0.25) is 0 Å². The van der Waals surface area contributed by atoms with Crippen molar-refractivity contribution in [2.75, 3.05) is 0 Å². The Hall–Kier alpha value is -1.08. The summed E-state index contributed by atoms with van der Waals surface area (Å²) in [7, 11) is 0. The van der Waals surface area contributed by atoms with E-state index in [1.165, 1.54) is 0 Å². The molecule has 13 heavy (non-hydrogen) atoms. The van der Waals surface area contributed by atoms with Crippen LogP contribution in [0, 0.1) is 6.92 Å². The predicted octanol–water partition coefficient (Wildman–Crippen LogP) is 3.25. The average molecular weight is 195 g/mol. The van der Waals surface area contributed by atoms with Crippen molar-refractivity contribution in [2.24, 2.45) is 0 Å². The lowest BCUT2D eigenvalue weighted by molar-refractivity contribution is -0.107. The second-order valence-electron chi connectivity index (χ2n) is 2.81. The van der Waals surface area contributed by atoms with Crippen LogP contribution in [0.1, 0.15) is 17.5 Å². The third kappa shape index (κ3) is 3.03. The fourth-order valence-electron chi connectivity index (χ4n) is 1.04. The van der Waals surface area contributed by atoms with Gasteiger partial charge in [-0.1, -0.05) is 29.8 Å². The minimum Gasteiger partial charge on any atom is -0.303 e. The molecule has 0 bridgehead atoms. The van der Waals surface area contributed by atoms with Crippen LogP contribution in [0.2, 0.25) is 5.02 Å². The summed E-state index contributed by atoms with van der Waals surface area (Å²) in [5, 5.41) is 0.719.